The van der Waals surface area contributed by atoms with E-state index >= 15 is 0 Å². The molecule has 0 radical (unpaired) electrons. The molecule has 0 aromatic heterocycles. The van der Waals surface area contributed by atoms with Gasteiger partial charge in [-0.2, -0.15) is 0 Å². The Morgan fingerprint density at radius 1 is 1.07 bits per heavy atom. The highest BCUT2D eigenvalue weighted by Crippen LogP contribution is 2.23. The maximum atomic E-state index is 12.7. The maximum absolute atomic E-state index is 12.7. The molecule has 0 saturated heterocycles. The van der Waals surface area contributed by atoms with E-state index in [1.165, 1.54) is 32.6 Å². The van der Waals surface area contributed by atoms with Crippen LogP contribution in [0.4, 0.5) is 0 Å². The van der Waals surface area contributed by atoms with Gasteiger partial charge in [-0.15, -0.1) is 0 Å². The van der Waals surface area contributed by atoms with Crippen LogP contribution < -0.4 is 20.1 Å². The molecule has 1 aliphatic carbocycles. The summed E-state index contributed by atoms with van der Waals surface area (Å²) in [5, 5.41) is 5.82. The van der Waals surface area contributed by atoms with Crippen molar-refractivity contribution in [1.29, 1.82) is 0 Å². The summed E-state index contributed by atoms with van der Waals surface area (Å²) in [6, 6.07) is 4.35. The molecule has 28 heavy (non-hydrogen) atoms. The Kier molecular flexibility index (Phi) is 8.36. The molecule has 1 unspecified atom stereocenters. The number of rotatable bonds is 9. The molecule has 0 saturated carbocycles. The molecule has 0 fully saturated rings. The summed E-state index contributed by atoms with van der Waals surface area (Å²) in [5.41, 5.74) is 1.81. The number of ether oxygens (including phenoxy) is 2. The number of hydrogen-bond donors (Lipinski definition) is 2. The van der Waals surface area contributed by atoms with E-state index < -0.39 is 6.04 Å². The number of hydrogen-bond acceptors (Lipinski definition) is 4. The summed E-state index contributed by atoms with van der Waals surface area (Å²) in [6.45, 7) is 4.43. The minimum atomic E-state index is -0.606. The van der Waals surface area contributed by atoms with Crippen LogP contribution in [0.1, 0.15) is 56.3 Å². The SMILES string of the molecule is COc1cc(OC)cc(C(=O)NC(C(=O)NCCC2=CCCCC2)C(C)C)c1. The van der Waals surface area contributed by atoms with Gasteiger partial charge in [-0.3, -0.25) is 9.59 Å². The first-order valence-corrected chi connectivity index (χ1v) is 9.94. The van der Waals surface area contributed by atoms with Crippen molar-refractivity contribution in [3.05, 3.63) is 35.4 Å². The van der Waals surface area contributed by atoms with Crippen LogP contribution in [0.15, 0.2) is 29.8 Å². The normalized spacial score (nSPS) is 14.8. The number of carbonyl (C=O) groups is 2. The Hall–Kier alpha value is -2.50. The first-order valence-electron chi connectivity index (χ1n) is 9.94. The van der Waals surface area contributed by atoms with Crippen molar-refractivity contribution < 1.29 is 19.1 Å². The summed E-state index contributed by atoms with van der Waals surface area (Å²) in [4.78, 5) is 25.4. The van der Waals surface area contributed by atoms with Gasteiger partial charge in [-0.05, 0) is 50.2 Å². The fraction of sp³-hybridized carbons (Fsp3) is 0.545. The fourth-order valence-corrected chi connectivity index (χ4v) is 3.29. The molecule has 1 aromatic rings. The lowest BCUT2D eigenvalue weighted by Gasteiger charge is -2.22. The summed E-state index contributed by atoms with van der Waals surface area (Å²) >= 11 is 0. The number of amides is 2. The molecule has 6 nitrogen and oxygen atoms in total. The molecule has 1 aliphatic rings. The molecule has 1 atom stereocenters. The average molecular weight is 389 g/mol. The van der Waals surface area contributed by atoms with E-state index in [0.29, 0.717) is 23.6 Å². The van der Waals surface area contributed by atoms with Crippen LogP contribution in [-0.4, -0.2) is 38.6 Å². The average Bonchev–Trinajstić information content (AvgIpc) is 2.71. The lowest BCUT2D eigenvalue weighted by molar-refractivity contribution is -0.123. The van der Waals surface area contributed by atoms with Gasteiger partial charge in [0.15, 0.2) is 0 Å². The van der Waals surface area contributed by atoms with Crippen LogP contribution in [0.3, 0.4) is 0 Å². The van der Waals surface area contributed by atoms with Crippen LogP contribution in [0.25, 0.3) is 0 Å². The largest absolute Gasteiger partial charge is 0.497 e. The zero-order valence-electron chi connectivity index (χ0n) is 17.3. The van der Waals surface area contributed by atoms with Crippen LogP contribution in [0.5, 0.6) is 11.5 Å². The van der Waals surface area contributed by atoms with Gasteiger partial charge in [0.25, 0.3) is 5.91 Å². The van der Waals surface area contributed by atoms with E-state index in [1.54, 1.807) is 18.2 Å². The molecule has 0 spiro atoms. The van der Waals surface area contributed by atoms with Gasteiger partial charge in [0, 0.05) is 18.2 Å². The minimum absolute atomic E-state index is 0.0367. The topological polar surface area (TPSA) is 76.7 Å². The van der Waals surface area contributed by atoms with E-state index in [1.807, 2.05) is 13.8 Å². The second kappa shape index (κ2) is 10.7. The predicted octanol–water partition coefficient (Wildman–Crippen LogP) is 3.46. The third-order valence-corrected chi connectivity index (χ3v) is 4.98. The second-order valence-electron chi connectivity index (χ2n) is 7.45. The molecule has 2 N–H and O–H groups in total. The Balaban J connectivity index is 1.98. The lowest BCUT2D eigenvalue weighted by Crippen LogP contribution is -2.49. The quantitative estimate of drug-likeness (QED) is 0.635. The Bertz CT molecular complexity index is 690. The Morgan fingerprint density at radius 2 is 1.75 bits per heavy atom. The monoisotopic (exact) mass is 388 g/mol. The van der Waals surface area contributed by atoms with E-state index in [-0.39, 0.29) is 17.7 Å². The van der Waals surface area contributed by atoms with Crippen LogP contribution in [0, 0.1) is 5.92 Å². The van der Waals surface area contributed by atoms with Crippen molar-refractivity contribution in [3.63, 3.8) is 0 Å². The van der Waals surface area contributed by atoms with E-state index in [4.69, 9.17) is 9.47 Å². The summed E-state index contributed by atoms with van der Waals surface area (Å²) < 4.78 is 10.4. The predicted molar refractivity (Wildman–Crippen MR) is 110 cm³/mol. The Labute approximate surface area is 167 Å². The molecule has 0 aliphatic heterocycles. The van der Waals surface area contributed by atoms with Gasteiger partial charge in [0.05, 0.1) is 14.2 Å². The van der Waals surface area contributed by atoms with Gasteiger partial charge < -0.3 is 20.1 Å². The van der Waals surface area contributed by atoms with E-state index in [0.717, 1.165) is 19.3 Å². The number of nitrogens with one attached hydrogen (secondary N) is 2. The second-order valence-corrected chi connectivity index (χ2v) is 7.45. The first-order chi connectivity index (χ1) is 13.4. The molecule has 0 bridgehead atoms. The maximum Gasteiger partial charge on any atom is 0.252 e. The van der Waals surface area contributed by atoms with E-state index in [2.05, 4.69) is 16.7 Å². The third kappa shape index (κ3) is 6.29. The van der Waals surface area contributed by atoms with Crippen molar-refractivity contribution in [1.82, 2.24) is 10.6 Å². The molecular formula is C22H32N2O4. The number of methoxy groups -OCH3 is 2. The minimum Gasteiger partial charge on any atom is -0.497 e. The van der Waals surface area contributed by atoms with Gasteiger partial charge in [0.1, 0.15) is 17.5 Å². The highest BCUT2D eigenvalue weighted by atomic mass is 16.5. The van der Waals surface area contributed by atoms with Crippen molar-refractivity contribution in [2.75, 3.05) is 20.8 Å². The van der Waals surface area contributed by atoms with Gasteiger partial charge in [0.2, 0.25) is 5.91 Å². The highest BCUT2D eigenvalue weighted by Gasteiger charge is 2.25. The van der Waals surface area contributed by atoms with Gasteiger partial charge in [-0.1, -0.05) is 25.5 Å². The number of benzene rings is 1. The third-order valence-electron chi connectivity index (χ3n) is 4.98. The fourth-order valence-electron chi connectivity index (χ4n) is 3.29. The summed E-state index contributed by atoms with van der Waals surface area (Å²) in [7, 11) is 3.06. The van der Waals surface area contributed by atoms with E-state index in [9.17, 15) is 9.59 Å². The summed E-state index contributed by atoms with van der Waals surface area (Å²) in [5.74, 6) is 0.521. The van der Waals surface area contributed by atoms with Crippen molar-refractivity contribution >= 4 is 11.8 Å². The van der Waals surface area contributed by atoms with Crippen LogP contribution in [0.2, 0.25) is 0 Å². The molecule has 154 valence electrons. The van der Waals surface area contributed by atoms with Crippen LogP contribution in [-0.2, 0) is 4.79 Å². The Morgan fingerprint density at radius 3 is 2.29 bits per heavy atom. The number of carbonyl (C=O) groups excluding carboxylic acids is 2. The molecule has 1 aromatic carbocycles. The molecule has 6 heteroatoms. The molecule has 2 rings (SSSR count). The molecular weight excluding hydrogens is 356 g/mol. The molecule has 2 amide bonds. The van der Waals surface area contributed by atoms with Crippen molar-refractivity contribution in [3.8, 4) is 11.5 Å². The zero-order chi connectivity index (χ0) is 20.5. The first kappa shape index (κ1) is 21.8. The van der Waals surface area contributed by atoms with Crippen molar-refractivity contribution in [2.24, 2.45) is 5.92 Å². The standard InChI is InChI=1S/C22H32N2O4/c1-15(2)20(22(26)23-11-10-16-8-6-5-7-9-16)24-21(25)17-12-18(27-3)14-19(13-17)28-4/h8,12-15,20H,5-7,9-11H2,1-4H3,(H,23,26)(H,24,25). The highest BCUT2D eigenvalue weighted by molar-refractivity contribution is 5.98. The van der Waals surface area contributed by atoms with Crippen molar-refractivity contribution in [2.45, 2.75) is 52.0 Å². The summed E-state index contributed by atoms with van der Waals surface area (Å²) in [6.07, 6.45) is 7.90. The molecule has 0 heterocycles. The van der Waals surface area contributed by atoms with Gasteiger partial charge >= 0.3 is 0 Å². The van der Waals surface area contributed by atoms with Crippen LogP contribution >= 0.6 is 0 Å². The lowest BCUT2D eigenvalue weighted by atomic mass is 9.97. The smallest absolute Gasteiger partial charge is 0.252 e. The zero-order valence-corrected chi connectivity index (χ0v) is 17.3. The number of allylic oxidation sites excluding steroid dienone is 1. The van der Waals surface area contributed by atoms with Gasteiger partial charge in [-0.25, -0.2) is 0 Å².